The lowest BCUT2D eigenvalue weighted by atomic mass is 9.88. The molecule has 3 nitrogen and oxygen atoms in total. The van der Waals surface area contributed by atoms with Gasteiger partial charge in [0.25, 0.3) is 0 Å². The summed E-state index contributed by atoms with van der Waals surface area (Å²) in [5, 5.41) is -6.70. The molecule has 6 aromatic rings. The van der Waals surface area contributed by atoms with Crippen LogP contribution in [0, 0.1) is 0 Å². The van der Waals surface area contributed by atoms with Gasteiger partial charge in [0.2, 0.25) is 0 Å². The van der Waals surface area contributed by atoms with Crippen molar-refractivity contribution in [3.63, 3.8) is 0 Å². The van der Waals surface area contributed by atoms with Gasteiger partial charge >= 0.3 is 116 Å². The first-order chi connectivity index (χ1) is 38.4. The van der Waals surface area contributed by atoms with E-state index in [1.165, 1.54) is 0 Å². The zero-order chi connectivity index (χ0) is 67.5. The van der Waals surface area contributed by atoms with Gasteiger partial charge in [-0.1, -0.05) is 36.4 Å². The summed E-state index contributed by atoms with van der Waals surface area (Å²) in [5.41, 5.74) is -10.3. The Balaban J connectivity index is 1.59. The minimum absolute atomic E-state index is 0.0467. The fraction of sp³-hybridized carbons (Fsp3) is 0.409. The Bertz CT molecular complexity index is 3470. The molecule has 87 heavy (non-hydrogen) atoms. The average Bonchev–Trinajstić information content (AvgIpc) is 0.947. The van der Waals surface area contributed by atoms with E-state index >= 15 is 17.6 Å². The molecule has 0 amide bonds. The summed E-state index contributed by atoms with van der Waals surface area (Å²) in [6.07, 6.45) is -23.5. The van der Waals surface area contributed by atoms with Crippen molar-refractivity contribution in [2.75, 3.05) is 0 Å². The lowest BCUT2D eigenvalue weighted by molar-refractivity contribution is -0.441. The number of benzene rings is 5. The van der Waals surface area contributed by atoms with Crippen molar-refractivity contribution in [2.24, 2.45) is 0 Å². The molecule has 1 aromatic heterocycles. The Kier molecular flexibility index (Phi) is 15.9. The van der Waals surface area contributed by atoms with Gasteiger partial charge in [-0.25, -0.2) is 0 Å². The lowest BCUT2D eigenvalue weighted by Crippen LogP contribution is -2.69. The SMILES string of the molecule is FC(F)(F)C(F)(F)C(F)(F)C(F)(F)C(F)(F)C(F)(F)c1ccc(Op2oc3ccc4cc(C(F)(F)C(F)(F)C(F)(F)C(F)(F)C(F)(F)C(F)(F)F)ccc4c3c3c(ccc4cc(C(F)(F)C(F)(F)C(F)(F)C(F)(F)C(F)(F)C(F)(F)F)ccc43)o2)cc1. The fourth-order valence-corrected chi connectivity index (χ4v) is 8.59. The monoisotopic (exact) mass is 1360 g/mol. The first-order valence-electron chi connectivity index (χ1n) is 21.4. The van der Waals surface area contributed by atoms with E-state index in [0.29, 0.717) is 12.1 Å². The van der Waals surface area contributed by atoms with Crippen LogP contribution in [0.15, 0.2) is 93.3 Å². The number of fused-ring (bicyclic) bond motifs is 7. The maximum Gasteiger partial charge on any atom is 0.460 e. The number of rotatable bonds is 17. The highest BCUT2D eigenvalue weighted by atomic mass is 31.1. The van der Waals surface area contributed by atoms with Gasteiger partial charge in [-0.15, -0.1) is 0 Å². The molecule has 0 bridgehead atoms. The van der Waals surface area contributed by atoms with Crippen LogP contribution in [0.5, 0.6) is 5.75 Å². The van der Waals surface area contributed by atoms with E-state index in [9.17, 15) is 154 Å². The molecule has 0 saturated heterocycles. The largest absolute Gasteiger partial charge is 0.460 e. The zero-order valence-corrected chi connectivity index (χ0v) is 40.4. The zero-order valence-electron chi connectivity index (χ0n) is 39.5. The Labute approximate surface area is 450 Å². The van der Waals surface area contributed by atoms with Gasteiger partial charge in [0.15, 0.2) is 0 Å². The lowest BCUT2D eigenvalue weighted by Gasteiger charge is -2.39. The second-order valence-corrected chi connectivity index (χ2v) is 18.9. The number of halogens is 39. The highest BCUT2D eigenvalue weighted by Crippen LogP contribution is 2.66. The van der Waals surface area contributed by atoms with Crippen LogP contribution < -0.4 is 4.52 Å². The third-order valence-electron chi connectivity index (χ3n) is 12.5. The molecule has 0 fully saturated rings. The third kappa shape index (κ3) is 9.50. The van der Waals surface area contributed by atoms with Crippen LogP contribution in [-0.2, 0) is 17.8 Å². The van der Waals surface area contributed by atoms with E-state index in [0.717, 1.165) is 0 Å². The van der Waals surface area contributed by atoms with Gasteiger partial charge in [-0.2, -0.15) is 171 Å². The van der Waals surface area contributed by atoms with Crippen LogP contribution in [0.3, 0.4) is 0 Å². The van der Waals surface area contributed by atoms with Crippen molar-refractivity contribution in [3.8, 4) is 5.75 Å². The molecule has 0 atom stereocenters. The van der Waals surface area contributed by atoms with Crippen molar-refractivity contribution < 1.29 is 184 Å². The summed E-state index contributed by atoms with van der Waals surface area (Å²) < 4.78 is 562. The van der Waals surface area contributed by atoms with E-state index in [1.54, 1.807) is 0 Å². The fourth-order valence-electron chi connectivity index (χ4n) is 7.56. The molecule has 486 valence electrons. The molecule has 0 radical (unpaired) electrons. The Morgan fingerprint density at radius 2 is 0.494 bits per heavy atom. The molecular formula is C44H14F39O3P. The summed E-state index contributed by atoms with van der Waals surface area (Å²) in [5.74, 6) is -121. The normalized spacial score (nSPS) is 15.5. The molecule has 0 aliphatic rings. The van der Waals surface area contributed by atoms with Crippen molar-refractivity contribution >= 4 is 51.7 Å². The van der Waals surface area contributed by atoms with E-state index in [4.69, 9.17) is 12.9 Å². The van der Waals surface area contributed by atoms with Crippen molar-refractivity contribution in [1.29, 1.82) is 0 Å². The quantitative estimate of drug-likeness (QED) is 0.0854. The molecule has 0 unspecified atom stereocenters. The number of alkyl halides is 39. The smallest absolute Gasteiger partial charge is 0.391 e. The molecule has 1 heterocycles. The van der Waals surface area contributed by atoms with Gasteiger partial charge in [-0.05, 0) is 70.1 Å². The van der Waals surface area contributed by atoms with Gasteiger partial charge < -0.3 is 12.9 Å². The van der Waals surface area contributed by atoms with E-state index in [2.05, 4.69) is 0 Å². The molecule has 0 spiro atoms. The molecule has 0 aliphatic heterocycles. The average molecular weight is 1360 g/mol. The minimum atomic E-state index is -8.44. The topological polar surface area (TPSA) is 35.5 Å². The molecule has 0 aliphatic carbocycles. The first kappa shape index (κ1) is 69.7. The molecule has 6 rings (SSSR count). The molecule has 43 heteroatoms. The van der Waals surface area contributed by atoms with Crippen LogP contribution in [0.4, 0.5) is 171 Å². The van der Waals surface area contributed by atoms with Gasteiger partial charge in [0.1, 0.15) is 16.9 Å². The maximum absolute atomic E-state index is 15.4. The highest BCUT2D eigenvalue weighted by Gasteiger charge is 2.94. The molecule has 0 N–H and O–H groups in total. The standard InChI is InChI=1S/C44H14F39O3P/c45-27(46,30(51,52)33(57,58)36(63,64)39(69,70)42(75,76)77)17-3-7-20(8-4-17)84-87-85-23-11-1-15-13-18(28(47,48)31(53,54)34(59,60)37(65,66)40(71,72)43(78,79)80)5-9-21(15)25(23)26-22-10-6-19(14-16(22)2-12-24(26)86-87)29(49,50)32(55,56)35(61,62)38(67,68)41(73,74)44(81,82)83/h1-14H. The molecular weight excluding hydrogens is 1350 g/mol. The second-order valence-electron chi connectivity index (χ2n) is 17.9. The van der Waals surface area contributed by atoms with Crippen LogP contribution in [0.25, 0.3) is 43.5 Å². The molecule has 0 saturated carbocycles. The number of hydrogen-bond acceptors (Lipinski definition) is 3. The predicted octanol–water partition coefficient (Wildman–Crippen LogP) is 21.0. The Morgan fingerprint density at radius 1 is 0.253 bits per heavy atom. The van der Waals surface area contributed by atoms with Crippen LogP contribution in [-0.4, -0.2) is 89.6 Å². The van der Waals surface area contributed by atoms with E-state index < -0.39 is 218 Å². The number of hydrogen-bond donors (Lipinski definition) is 0. The summed E-state index contributed by atoms with van der Waals surface area (Å²) >= 11 is 0. The van der Waals surface area contributed by atoms with Crippen LogP contribution in [0.1, 0.15) is 16.7 Å². The predicted molar refractivity (Wildman–Crippen MR) is 213 cm³/mol. The van der Waals surface area contributed by atoms with Gasteiger partial charge in [0.05, 0.1) is 0 Å². The first-order valence-corrected chi connectivity index (χ1v) is 22.5. The van der Waals surface area contributed by atoms with Crippen LogP contribution >= 0.6 is 8.24 Å². The minimum Gasteiger partial charge on any atom is -0.391 e. The summed E-state index contributed by atoms with van der Waals surface area (Å²) in [4.78, 5) is 0. The van der Waals surface area contributed by atoms with E-state index in [-0.39, 0.29) is 36.4 Å². The summed E-state index contributed by atoms with van der Waals surface area (Å²) in [6, 6.07) is -2.27. The maximum atomic E-state index is 15.4. The Hall–Kier alpha value is -6.41. The van der Waals surface area contributed by atoms with Crippen molar-refractivity contribution in [3.05, 3.63) is 102 Å². The Morgan fingerprint density at radius 3 is 0.759 bits per heavy atom. The van der Waals surface area contributed by atoms with Gasteiger partial charge in [0, 0.05) is 27.5 Å². The van der Waals surface area contributed by atoms with E-state index in [1.807, 2.05) is 0 Å². The summed E-state index contributed by atoms with van der Waals surface area (Å²) in [7, 11) is -3.72. The van der Waals surface area contributed by atoms with Crippen molar-refractivity contribution in [1.82, 2.24) is 0 Å². The molecule has 5 aromatic carbocycles. The van der Waals surface area contributed by atoms with Crippen molar-refractivity contribution in [2.45, 2.75) is 107 Å². The second kappa shape index (κ2) is 19.8. The van der Waals surface area contributed by atoms with Crippen LogP contribution in [0.2, 0.25) is 0 Å². The third-order valence-corrected chi connectivity index (χ3v) is 13.5. The van der Waals surface area contributed by atoms with Gasteiger partial charge in [-0.3, -0.25) is 0 Å². The highest BCUT2D eigenvalue weighted by molar-refractivity contribution is 7.32. The summed E-state index contributed by atoms with van der Waals surface area (Å²) in [6.45, 7) is 0.